The number of thiazole rings is 1. The molecule has 2 heterocycles. The summed E-state index contributed by atoms with van der Waals surface area (Å²) in [6.45, 7) is 2.90. The Bertz CT molecular complexity index is 699. The minimum absolute atomic E-state index is 0.0777. The Kier molecular flexibility index (Phi) is 6.12. The molecule has 0 bridgehead atoms. The van der Waals surface area contributed by atoms with Crippen LogP contribution in [0.4, 0.5) is 9.52 Å². The Balaban J connectivity index is 1.51. The third kappa shape index (κ3) is 5.07. The van der Waals surface area contributed by atoms with E-state index in [0.29, 0.717) is 17.4 Å². The van der Waals surface area contributed by atoms with Gasteiger partial charge in [0, 0.05) is 17.6 Å². The normalized spacial score (nSPS) is 18.7. The van der Waals surface area contributed by atoms with Gasteiger partial charge in [0.2, 0.25) is 0 Å². The molecule has 1 N–H and O–H groups in total. The predicted octanol–water partition coefficient (Wildman–Crippen LogP) is 3.86. The van der Waals surface area contributed by atoms with Gasteiger partial charge in [0.15, 0.2) is 5.13 Å². The van der Waals surface area contributed by atoms with Crippen molar-refractivity contribution in [1.29, 1.82) is 0 Å². The van der Waals surface area contributed by atoms with Gasteiger partial charge < -0.3 is 9.47 Å². The number of aromatic nitrogens is 1. The fraction of sp³-hybridized carbons (Fsp3) is 0.444. The number of ether oxygens (including phenoxy) is 2. The first-order valence-corrected chi connectivity index (χ1v) is 9.25. The van der Waals surface area contributed by atoms with Crippen molar-refractivity contribution < 1.29 is 18.7 Å². The Hall–Kier alpha value is -1.83. The molecule has 0 aliphatic carbocycles. The van der Waals surface area contributed by atoms with Crippen LogP contribution in [0.3, 0.4) is 0 Å². The van der Waals surface area contributed by atoms with E-state index < -0.39 is 6.10 Å². The first kappa shape index (κ1) is 18.0. The molecule has 0 radical (unpaired) electrons. The number of nitrogens with zero attached hydrogens (tertiary/aromatic N) is 1. The molecule has 3 rings (SSSR count). The maximum Gasteiger partial charge on any atom is 0.254 e. The molecule has 1 fully saturated rings. The van der Waals surface area contributed by atoms with E-state index in [0.717, 1.165) is 31.4 Å². The second-order valence-electron chi connectivity index (χ2n) is 6.00. The lowest BCUT2D eigenvalue weighted by Crippen LogP contribution is -2.32. The van der Waals surface area contributed by atoms with Crippen LogP contribution in [0.25, 0.3) is 11.3 Å². The Labute approximate surface area is 150 Å². The lowest BCUT2D eigenvalue weighted by molar-refractivity contribution is -0.130. The minimum Gasteiger partial charge on any atom is -0.376 e. The number of anilines is 1. The molecule has 0 saturated carbocycles. The van der Waals surface area contributed by atoms with Crippen molar-refractivity contribution >= 4 is 22.4 Å². The van der Waals surface area contributed by atoms with Crippen LogP contribution in [0.15, 0.2) is 29.6 Å². The molecule has 2 unspecified atom stereocenters. The molecule has 2 atom stereocenters. The van der Waals surface area contributed by atoms with Crippen molar-refractivity contribution in [2.24, 2.45) is 0 Å². The molecule has 1 aliphatic heterocycles. The smallest absolute Gasteiger partial charge is 0.254 e. The SMILES string of the molecule is CC(OCC1CCCCO1)C(=O)Nc1nc(-c2ccc(F)cc2)cs1. The van der Waals surface area contributed by atoms with Crippen LogP contribution in [-0.4, -0.2) is 36.3 Å². The molecule has 5 nitrogen and oxygen atoms in total. The van der Waals surface area contributed by atoms with Crippen LogP contribution >= 0.6 is 11.3 Å². The van der Waals surface area contributed by atoms with Crippen LogP contribution in [0.1, 0.15) is 26.2 Å². The molecule has 1 aromatic heterocycles. The quantitative estimate of drug-likeness (QED) is 0.845. The second kappa shape index (κ2) is 8.51. The first-order chi connectivity index (χ1) is 12.1. The largest absolute Gasteiger partial charge is 0.376 e. The summed E-state index contributed by atoms with van der Waals surface area (Å²) < 4.78 is 24.2. The van der Waals surface area contributed by atoms with Crippen molar-refractivity contribution in [2.45, 2.75) is 38.4 Å². The molecular weight excluding hydrogens is 343 g/mol. The van der Waals surface area contributed by atoms with Gasteiger partial charge in [-0.1, -0.05) is 0 Å². The fourth-order valence-electron chi connectivity index (χ4n) is 2.56. The van der Waals surface area contributed by atoms with E-state index in [4.69, 9.17) is 9.47 Å². The van der Waals surface area contributed by atoms with Gasteiger partial charge in [-0.3, -0.25) is 10.1 Å². The fourth-order valence-corrected chi connectivity index (χ4v) is 3.28. The van der Waals surface area contributed by atoms with E-state index in [-0.39, 0.29) is 17.8 Å². The van der Waals surface area contributed by atoms with Gasteiger partial charge in [0.25, 0.3) is 5.91 Å². The van der Waals surface area contributed by atoms with Gasteiger partial charge in [-0.05, 0) is 50.5 Å². The summed E-state index contributed by atoms with van der Waals surface area (Å²) in [6, 6.07) is 6.09. The Morgan fingerprint density at radius 2 is 2.24 bits per heavy atom. The molecule has 7 heteroatoms. The lowest BCUT2D eigenvalue weighted by atomic mass is 10.1. The van der Waals surface area contributed by atoms with Crippen LogP contribution in [0.2, 0.25) is 0 Å². The number of hydrogen-bond acceptors (Lipinski definition) is 5. The molecule has 2 aromatic rings. The summed E-state index contributed by atoms with van der Waals surface area (Å²) in [4.78, 5) is 16.6. The zero-order valence-corrected chi connectivity index (χ0v) is 14.9. The number of nitrogens with one attached hydrogen (secondary N) is 1. The van der Waals surface area contributed by atoms with E-state index in [1.54, 1.807) is 19.1 Å². The highest BCUT2D eigenvalue weighted by Gasteiger charge is 2.19. The molecule has 1 aromatic carbocycles. The van der Waals surface area contributed by atoms with Crippen LogP contribution in [-0.2, 0) is 14.3 Å². The van der Waals surface area contributed by atoms with Crippen molar-refractivity contribution in [3.05, 3.63) is 35.5 Å². The third-order valence-corrected chi connectivity index (χ3v) is 4.81. The van der Waals surface area contributed by atoms with Crippen molar-refractivity contribution in [2.75, 3.05) is 18.5 Å². The monoisotopic (exact) mass is 364 g/mol. The van der Waals surface area contributed by atoms with Gasteiger partial charge in [-0.2, -0.15) is 0 Å². The van der Waals surface area contributed by atoms with Crippen molar-refractivity contribution in [3.8, 4) is 11.3 Å². The summed E-state index contributed by atoms with van der Waals surface area (Å²) in [5.74, 6) is -0.531. The highest BCUT2D eigenvalue weighted by atomic mass is 32.1. The molecule has 0 spiro atoms. The van der Waals surface area contributed by atoms with Gasteiger partial charge in [0.1, 0.15) is 11.9 Å². The average Bonchev–Trinajstić information content (AvgIpc) is 3.09. The predicted molar refractivity (Wildman–Crippen MR) is 95.1 cm³/mol. The number of carbonyl (C=O) groups is 1. The number of halogens is 1. The van der Waals surface area contributed by atoms with Gasteiger partial charge in [-0.25, -0.2) is 9.37 Å². The van der Waals surface area contributed by atoms with Gasteiger partial charge in [-0.15, -0.1) is 11.3 Å². The van der Waals surface area contributed by atoms with Crippen molar-refractivity contribution in [3.63, 3.8) is 0 Å². The van der Waals surface area contributed by atoms with Gasteiger partial charge >= 0.3 is 0 Å². The molecule has 134 valence electrons. The van der Waals surface area contributed by atoms with Crippen molar-refractivity contribution in [1.82, 2.24) is 4.98 Å². The van der Waals surface area contributed by atoms with E-state index in [2.05, 4.69) is 10.3 Å². The molecular formula is C18H21FN2O3S. The highest BCUT2D eigenvalue weighted by molar-refractivity contribution is 7.14. The van der Waals surface area contributed by atoms with Gasteiger partial charge in [0.05, 0.1) is 18.4 Å². The highest BCUT2D eigenvalue weighted by Crippen LogP contribution is 2.25. The molecule has 25 heavy (non-hydrogen) atoms. The van der Waals surface area contributed by atoms with Crippen LogP contribution < -0.4 is 5.32 Å². The third-order valence-electron chi connectivity index (χ3n) is 4.05. The summed E-state index contributed by atoms with van der Waals surface area (Å²) >= 11 is 1.32. The number of benzene rings is 1. The van der Waals surface area contributed by atoms with E-state index in [1.807, 2.05) is 5.38 Å². The maximum atomic E-state index is 13.0. The van der Waals surface area contributed by atoms with Crippen LogP contribution in [0.5, 0.6) is 0 Å². The minimum atomic E-state index is -0.580. The number of rotatable bonds is 6. The van der Waals surface area contributed by atoms with Crippen LogP contribution in [0, 0.1) is 5.82 Å². The number of carbonyl (C=O) groups excluding carboxylic acids is 1. The summed E-state index contributed by atoms with van der Waals surface area (Å²) in [5, 5.41) is 5.08. The van der Waals surface area contributed by atoms with E-state index in [9.17, 15) is 9.18 Å². The lowest BCUT2D eigenvalue weighted by Gasteiger charge is -2.23. The zero-order chi connectivity index (χ0) is 17.6. The summed E-state index contributed by atoms with van der Waals surface area (Å²) in [5.41, 5.74) is 1.50. The van der Waals surface area contributed by atoms with E-state index in [1.165, 1.54) is 23.5 Å². The first-order valence-electron chi connectivity index (χ1n) is 8.37. The molecule has 1 saturated heterocycles. The number of hydrogen-bond donors (Lipinski definition) is 1. The Morgan fingerprint density at radius 1 is 1.44 bits per heavy atom. The zero-order valence-electron chi connectivity index (χ0n) is 14.0. The summed E-state index contributed by atoms with van der Waals surface area (Å²) in [7, 11) is 0. The summed E-state index contributed by atoms with van der Waals surface area (Å²) in [6.07, 6.45) is 2.70. The standard InChI is InChI=1S/C18H21FN2O3S/c1-12(24-10-15-4-2-3-9-23-15)17(22)21-18-20-16(11-25-18)13-5-7-14(19)8-6-13/h5-8,11-12,15H,2-4,9-10H2,1H3,(H,20,21,22). The topological polar surface area (TPSA) is 60.5 Å². The van der Waals surface area contributed by atoms with E-state index >= 15 is 0 Å². The second-order valence-corrected chi connectivity index (χ2v) is 6.86. The number of amides is 1. The average molecular weight is 364 g/mol. The molecule has 1 aliphatic rings. The maximum absolute atomic E-state index is 13.0. The molecule has 1 amide bonds. The Morgan fingerprint density at radius 3 is 2.96 bits per heavy atom.